The molecule has 2 aromatic carbocycles. The molecular formula is C24H32ClN3O4S. The number of carbonyl (C=O) groups excluding carboxylic acids is 1. The molecule has 7 nitrogen and oxygen atoms in total. The molecule has 2 aromatic rings. The minimum Gasteiger partial charge on any atom is -0.495 e. The van der Waals surface area contributed by atoms with E-state index in [2.05, 4.69) is 10.2 Å². The van der Waals surface area contributed by atoms with Crippen LogP contribution in [0, 0.1) is 0 Å². The molecule has 1 fully saturated rings. The van der Waals surface area contributed by atoms with Gasteiger partial charge in [-0.3, -0.25) is 9.10 Å². The molecule has 0 aromatic heterocycles. The Balaban J connectivity index is 1.69. The Hall–Kier alpha value is -2.29. The Kier molecular flexibility index (Phi) is 9.41. The number of benzene rings is 2. The van der Waals surface area contributed by atoms with Crippen molar-refractivity contribution in [1.82, 2.24) is 10.2 Å². The van der Waals surface area contributed by atoms with E-state index in [-0.39, 0.29) is 22.4 Å². The lowest BCUT2D eigenvalue weighted by atomic mass is 10.2. The van der Waals surface area contributed by atoms with Gasteiger partial charge in [-0.15, -0.1) is 0 Å². The second-order valence-corrected chi connectivity index (χ2v) is 10.4. The first-order chi connectivity index (χ1) is 15.9. The molecule has 0 aliphatic carbocycles. The van der Waals surface area contributed by atoms with Crippen molar-refractivity contribution in [2.45, 2.75) is 37.0 Å². The average Bonchev–Trinajstić information content (AvgIpc) is 3.09. The van der Waals surface area contributed by atoms with Crippen LogP contribution in [0.25, 0.3) is 0 Å². The van der Waals surface area contributed by atoms with Crippen LogP contribution in [0.3, 0.4) is 0 Å². The number of hydrogen-bond acceptors (Lipinski definition) is 5. The molecule has 1 N–H and O–H groups in total. The second kappa shape index (κ2) is 12.3. The maximum absolute atomic E-state index is 13.4. The number of carbonyl (C=O) groups is 1. The molecule has 0 spiro atoms. The highest BCUT2D eigenvalue weighted by molar-refractivity contribution is 7.92. The Morgan fingerprint density at radius 3 is 2.42 bits per heavy atom. The van der Waals surface area contributed by atoms with Crippen molar-refractivity contribution >= 4 is 33.2 Å². The number of methoxy groups -OCH3 is 1. The topological polar surface area (TPSA) is 79.0 Å². The fourth-order valence-electron chi connectivity index (χ4n) is 3.92. The lowest BCUT2D eigenvalue weighted by molar-refractivity contribution is -0.119. The standard InChI is InChI=1S/C24H32ClN3O4S/c1-32-23-13-12-20(18-22(23)25)28(33(30,31)21-10-5-4-6-11-21)19-24(29)26-14-9-17-27-15-7-2-3-8-16-27/h4-6,10-13,18H,2-3,7-9,14-17,19H2,1H3,(H,26,29). The quantitative estimate of drug-likeness (QED) is 0.507. The van der Waals surface area contributed by atoms with Gasteiger partial charge in [0.2, 0.25) is 5.91 Å². The first kappa shape index (κ1) is 25.3. The second-order valence-electron chi connectivity index (χ2n) is 8.10. The van der Waals surface area contributed by atoms with Crippen molar-refractivity contribution in [3.05, 3.63) is 53.6 Å². The normalized spacial score (nSPS) is 15.0. The highest BCUT2D eigenvalue weighted by Gasteiger charge is 2.27. The van der Waals surface area contributed by atoms with Crippen LogP contribution in [0.1, 0.15) is 32.1 Å². The summed E-state index contributed by atoms with van der Waals surface area (Å²) in [5, 5.41) is 3.13. The van der Waals surface area contributed by atoms with Crippen LogP contribution in [-0.2, 0) is 14.8 Å². The van der Waals surface area contributed by atoms with E-state index in [4.69, 9.17) is 16.3 Å². The number of likely N-dealkylation sites (tertiary alicyclic amines) is 1. The van der Waals surface area contributed by atoms with Gasteiger partial charge in [-0.25, -0.2) is 8.42 Å². The van der Waals surface area contributed by atoms with Gasteiger partial charge in [0.1, 0.15) is 12.3 Å². The number of rotatable bonds is 10. The molecule has 0 saturated carbocycles. The zero-order valence-electron chi connectivity index (χ0n) is 19.0. The van der Waals surface area contributed by atoms with E-state index < -0.39 is 10.0 Å². The average molecular weight is 494 g/mol. The van der Waals surface area contributed by atoms with Crippen LogP contribution in [-0.4, -0.2) is 59.1 Å². The molecule has 0 bridgehead atoms. The molecule has 1 aliphatic rings. The van der Waals surface area contributed by atoms with E-state index in [1.807, 2.05) is 0 Å². The molecule has 0 unspecified atom stereocenters. The maximum atomic E-state index is 13.4. The van der Waals surface area contributed by atoms with Gasteiger partial charge in [-0.05, 0) is 69.2 Å². The summed E-state index contributed by atoms with van der Waals surface area (Å²) >= 11 is 6.24. The molecule has 1 saturated heterocycles. The van der Waals surface area contributed by atoms with E-state index in [0.29, 0.717) is 18.0 Å². The molecule has 33 heavy (non-hydrogen) atoms. The van der Waals surface area contributed by atoms with Crippen molar-refractivity contribution in [3.8, 4) is 5.75 Å². The Labute approximate surface area is 201 Å². The summed E-state index contributed by atoms with van der Waals surface area (Å²) in [6.07, 6.45) is 5.85. The van der Waals surface area contributed by atoms with Gasteiger partial charge in [0.25, 0.3) is 10.0 Å². The molecule has 1 amide bonds. The van der Waals surface area contributed by atoms with Crippen molar-refractivity contribution in [2.75, 3.05) is 44.1 Å². The third kappa shape index (κ3) is 7.09. The van der Waals surface area contributed by atoms with Crippen molar-refractivity contribution in [2.24, 2.45) is 0 Å². The van der Waals surface area contributed by atoms with Crippen LogP contribution < -0.4 is 14.4 Å². The van der Waals surface area contributed by atoms with Gasteiger partial charge in [-0.2, -0.15) is 0 Å². The summed E-state index contributed by atoms with van der Waals surface area (Å²) in [5.74, 6) is 0.0627. The monoisotopic (exact) mass is 493 g/mol. The van der Waals surface area contributed by atoms with Crippen LogP contribution in [0.4, 0.5) is 5.69 Å². The van der Waals surface area contributed by atoms with Gasteiger partial charge in [0.05, 0.1) is 22.7 Å². The highest BCUT2D eigenvalue weighted by Crippen LogP contribution is 2.31. The number of nitrogens with one attached hydrogen (secondary N) is 1. The lowest BCUT2D eigenvalue weighted by Crippen LogP contribution is -2.41. The first-order valence-corrected chi connectivity index (χ1v) is 13.1. The third-order valence-electron chi connectivity index (χ3n) is 5.71. The number of anilines is 1. The molecule has 0 atom stereocenters. The Bertz CT molecular complexity index is 1010. The summed E-state index contributed by atoms with van der Waals surface area (Å²) < 4.78 is 33.0. The number of halogens is 1. The highest BCUT2D eigenvalue weighted by atomic mass is 35.5. The SMILES string of the molecule is COc1ccc(N(CC(=O)NCCCN2CCCCCC2)S(=O)(=O)c2ccccc2)cc1Cl. The van der Waals surface area contributed by atoms with Crippen LogP contribution in [0.15, 0.2) is 53.4 Å². The smallest absolute Gasteiger partial charge is 0.264 e. The van der Waals surface area contributed by atoms with E-state index in [1.165, 1.54) is 51.0 Å². The fourth-order valence-corrected chi connectivity index (χ4v) is 5.61. The van der Waals surface area contributed by atoms with E-state index in [1.54, 1.807) is 30.3 Å². The van der Waals surface area contributed by atoms with Gasteiger partial charge in [0, 0.05) is 6.54 Å². The summed E-state index contributed by atoms with van der Waals surface area (Å²) in [7, 11) is -2.49. The Morgan fingerprint density at radius 2 is 1.79 bits per heavy atom. The van der Waals surface area contributed by atoms with E-state index >= 15 is 0 Å². The molecule has 3 rings (SSSR count). The van der Waals surface area contributed by atoms with Crippen LogP contribution in [0.2, 0.25) is 5.02 Å². The summed E-state index contributed by atoms with van der Waals surface area (Å²) in [6, 6.07) is 12.7. The van der Waals surface area contributed by atoms with Crippen molar-refractivity contribution in [3.63, 3.8) is 0 Å². The first-order valence-electron chi connectivity index (χ1n) is 11.3. The predicted molar refractivity (Wildman–Crippen MR) is 132 cm³/mol. The molecule has 1 aliphatic heterocycles. The van der Waals surface area contributed by atoms with Crippen molar-refractivity contribution in [1.29, 1.82) is 0 Å². The predicted octanol–water partition coefficient (Wildman–Crippen LogP) is 3.93. The largest absolute Gasteiger partial charge is 0.495 e. The van der Waals surface area contributed by atoms with Gasteiger partial charge >= 0.3 is 0 Å². The third-order valence-corrected chi connectivity index (χ3v) is 7.80. The number of hydrogen-bond donors (Lipinski definition) is 1. The number of nitrogens with zero attached hydrogens (tertiary/aromatic N) is 2. The van der Waals surface area contributed by atoms with Gasteiger partial charge in [-0.1, -0.05) is 42.6 Å². The Morgan fingerprint density at radius 1 is 1.09 bits per heavy atom. The van der Waals surface area contributed by atoms with Gasteiger partial charge < -0.3 is 15.0 Å². The zero-order valence-corrected chi connectivity index (χ0v) is 20.6. The molecule has 9 heteroatoms. The van der Waals surface area contributed by atoms with Crippen molar-refractivity contribution < 1.29 is 17.9 Å². The molecule has 0 radical (unpaired) electrons. The van der Waals surface area contributed by atoms with E-state index in [9.17, 15) is 13.2 Å². The molecule has 180 valence electrons. The van der Waals surface area contributed by atoms with E-state index in [0.717, 1.165) is 30.4 Å². The van der Waals surface area contributed by atoms with Crippen LogP contribution >= 0.6 is 11.6 Å². The van der Waals surface area contributed by atoms with Crippen LogP contribution in [0.5, 0.6) is 5.75 Å². The number of amides is 1. The number of ether oxygens (including phenoxy) is 1. The zero-order chi connectivity index (χ0) is 23.7. The molecule has 1 heterocycles. The fraction of sp³-hybridized carbons (Fsp3) is 0.458. The maximum Gasteiger partial charge on any atom is 0.264 e. The minimum atomic E-state index is -3.97. The lowest BCUT2D eigenvalue weighted by Gasteiger charge is -2.25. The summed E-state index contributed by atoms with van der Waals surface area (Å²) in [6.45, 7) is 3.30. The number of sulfonamides is 1. The molecular weight excluding hydrogens is 462 g/mol. The van der Waals surface area contributed by atoms with Gasteiger partial charge in [0.15, 0.2) is 0 Å². The summed E-state index contributed by atoms with van der Waals surface area (Å²) in [5.41, 5.74) is 0.296. The summed E-state index contributed by atoms with van der Waals surface area (Å²) in [4.78, 5) is 15.3. The minimum absolute atomic E-state index is 0.103.